The van der Waals surface area contributed by atoms with Crippen LogP contribution < -0.4 is 0 Å². The number of aromatic carboxylic acids is 1. The number of carboxylic acid groups (broad SMARTS) is 1. The van der Waals surface area contributed by atoms with E-state index < -0.39 is 5.97 Å². The van der Waals surface area contributed by atoms with Crippen LogP contribution in [-0.2, 0) is 0 Å². The molecule has 3 aromatic heterocycles. The molecule has 0 atom stereocenters. The fourth-order valence-electron chi connectivity index (χ4n) is 2.04. The first kappa shape index (κ1) is 14.0. The molecule has 8 heteroatoms. The highest BCUT2D eigenvalue weighted by Crippen LogP contribution is 2.33. The Hall–Kier alpha value is -1.99. The highest BCUT2D eigenvalue weighted by molar-refractivity contribution is 7.20. The van der Waals surface area contributed by atoms with Crippen molar-refractivity contribution in [1.82, 2.24) is 20.0 Å². The normalized spacial score (nSPS) is 11.4. The van der Waals surface area contributed by atoms with E-state index in [4.69, 9.17) is 16.7 Å². The Balaban J connectivity index is 2.26. The van der Waals surface area contributed by atoms with Crippen LogP contribution in [0.15, 0.2) is 18.2 Å². The van der Waals surface area contributed by atoms with Gasteiger partial charge in [0.05, 0.1) is 5.69 Å². The zero-order chi connectivity index (χ0) is 15.1. The van der Waals surface area contributed by atoms with E-state index in [1.807, 2.05) is 13.8 Å². The quantitative estimate of drug-likeness (QED) is 0.799. The number of rotatable bonds is 3. The molecule has 3 heterocycles. The van der Waals surface area contributed by atoms with Crippen LogP contribution in [0, 0.1) is 0 Å². The van der Waals surface area contributed by atoms with Crippen LogP contribution in [0.1, 0.15) is 35.1 Å². The van der Waals surface area contributed by atoms with Crippen molar-refractivity contribution in [2.24, 2.45) is 0 Å². The molecule has 0 radical (unpaired) electrons. The van der Waals surface area contributed by atoms with Crippen LogP contribution >= 0.6 is 22.9 Å². The lowest BCUT2D eigenvalue weighted by atomic mass is 10.1. The lowest BCUT2D eigenvalue weighted by Gasteiger charge is -2.01. The summed E-state index contributed by atoms with van der Waals surface area (Å²) in [6, 6.07) is 4.98. The number of thiophene rings is 1. The third-order valence-corrected chi connectivity index (χ3v) is 4.28. The van der Waals surface area contributed by atoms with E-state index in [0.29, 0.717) is 11.0 Å². The fraction of sp³-hybridized carbons (Fsp3) is 0.231. The minimum atomic E-state index is -0.945. The second-order valence-corrected chi connectivity index (χ2v) is 6.22. The molecule has 6 nitrogen and oxygen atoms in total. The van der Waals surface area contributed by atoms with Crippen molar-refractivity contribution in [3.63, 3.8) is 0 Å². The lowest BCUT2D eigenvalue weighted by molar-refractivity contribution is 0.0702. The van der Waals surface area contributed by atoms with E-state index in [-0.39, 0.29) is 10.8 Å². The van der Waals surface area contributed by atoms with E-state index in [9.17, 15) is 4.79 Å². The number of carbonyl (C=O) groups is 1. The SMILES string of the molecule is CC(C)c1nn(-c2ccc(Cl)nn2)c2sc(C(=O)O)cc12. The van der Waals surface area contributed by atoms with Gasteiger partial charge in [0.1, 0.15) is 9.71 Å². The van der Waals surface area contributed by atoms with Gasteiger partial charge in [0.15, 0.2) is 11.0 Å². The molecule has 0 saturated carbocycles. The maximum atomic E-state index is 11.2. The molecule has 3 rings (SSSR count). The topological polar surface area (TPSA) is 80.9 Å². The Morgan fingerprint density at radius 3 is 2.71 bits per heavy atom. The van der Waals surface area contributed by atoms with Crippen LogP contribution in [0.5, 0.6) is 0 Å². The summed E-state index contributed by atoms with van der Waals surface area (Å²) in [5.74, 6) is -0.264. The highest BCUT2D eigenvalue weighted by atomic mass is 35.5. The lowest BCUT2D eigenvalue weighted by Crippen LogP contribution is -2.02. The Labute approximate surface area is 129 Å². The molecule has 0 amide bonds. The smallest absolute Gasteiger partial charge is 0.345 e. The summed E-state index contributed by atoms with van der Waals surface area (Å²) >= 11 is 6.91. The zero-order valence-electron chi connectivity index (χ0n) is 11.2. The van der Waals surface area contributed by atoms with Crippen LogP contribution in [0.25, 0.3) is 16.0 Å². The number of nitrogens with zero attached hydrogens (tertiary/aromatic N) is 4. The van der Waals surface area contributed by atoms with Gasteiger partial charge in [-0.15, -0.1) is 21.5 Å². The van der Waals surface area contributed by atoms with Crippen LogP contribution in [0.4, 0.5) is 0 Å². The van der Waals surface area contributed by atoms with E-state index in [2.05, 4.69) is 15.3 Å². The Morgan fingerprint density at radius 2 is 2.14 bits per heavy atom. The van der Waals surface area contributed by atoms with Crippen molar-refractivity contribution in [1.29, 1.82) is 0 Å². The van der Waals surface area contributed by atoms with Crippen LogP contribution in [-0.4, -0.2) is 31.1 Å². The average molecular weight is 323 g/mol. The van der Waals surface area contributed by atoms with E-state index in [1.54, 1.807) is 22.9 Å². The molecule has 108 valence electrons. The third-order valence-electron chi connectivity index (χ3n) is 2.98. The van der Waals surface area contributed by atoms with Crippen molar-refractivity contribution in [3.8, 4) is 5.82 Å². The average Bonchev–Trinajstić information content (AvgIpc) is 2.98. The minimum absolute atomic E-state index is 0.172. The molecule has 0 spiro atoms. The number of aromatic nitrogens is 4. The van der Waals surface area contributed by atoms with Crippen LogP contribution in [0.2, 0.25) is 5.15 Å². The Morgan fingerprint density at radius 1 is 1.38 bits per heavy atom. The molecule has 0 aliphatic rings. The summed E-state index contributed by atoms with van der Waals surface area (Å²) in [5.41, 5.74) is 0.838. The van der Waals surface area contributed by atoms with E-state index >= 15 is 0 Å². The van der Waals surface area contributed by atoms with Crippen molar-refractivity contribution >= 4 is 39.1 Å². The Kier molecular flexibility index (Phi) is 3.38. The number of halogens is 1. The first-order chi connectivity index (χ1) is 9.97. The van der Waals surface area contributed by atoms with E-state index in [1.165, 1.54) is 11.3 Å². The van der Waals surface area contributed by atoms with Gasteiger partial charge in [-0.2, -0.15) is 5.10 Å². The number of hydrogen-bond donors (Lipinski definition) is 1. The van der Waals surface area contributed by atoms with Gasteiger partial charge in [-0.05, 0) is 24.1 Å². The molecule has 3 aromatic rings. The van der Waals surface area contributed by atoms with Crippen molar-refractivity contribution in [2.75, 3.05) is 0 Å². The van der Waals surface area contributed by atoms with Crippen molar-refractivity contribution in [3.05, 3.63) is 33.9 Å². The Bertz CT molecular complexity index is 823. The highest BCUT2D eigenvalue weighted by Gasteiger charge is 2.20. The minimum Gasteiger partial charge on any atom is -0.477 e. The maximum absolute atomic E-state index is 11.2. The molecule has 0 bridgehead atoms. The van der Waals surface area contributed by atoms with Crippen molar-refractivity contribution < 1.29 is 9.90 Å². The molecular weight excluding hydrogens is 312 g/mol. The number of carboxylic acids is 1. The zero-order valence-corrected chi connectivity index (χ0v) is 12.8. The standard InChI is InChI=1S/C13H11ClN4O2S/c1-6(2)11-7-5-8(13(19)20)21-12(7)18(17-11)10-4-3-9(14)15-16-10/h3-6H,1-2H3,(H,19,20). The second-order valence-electron chi connectivity index (χ2n) is 4.80. The summed E-state index contributed by atoms with van der Waals surface area (Å²) in [5, 5.41) is 22.6. The van der Waals surface area contributed by atoms with Gasteiger partial charge in [-0.1, -0.05) is 25.4 Å². The molecule has 0 saturated heterocycles. The predicted molar refractivity (Wildman–Crippen MR) is 80.6 cm³/mol. The predicted octanol–water partition coefficient (Wildman–Crippen LogP) is 3.35. The third kappa shape index (κ3) is 2.38. The molecule has 21 heavy (non-hydrogen) atoms. The number of fused-ring (bicyclic) bond motifs is 1. The summed E-state index contributed by atoms with van der Waals surface area (Å²) in [4.78, 5) is 12.2. The molecule has 0 aliphatic heterocycles. The second kappa shape index (κ2) is 5.09. The molecule has 0 aliphatic carbocycles. The summed E-state index contributed by atoms with van der Waals surface area (Å²) in [6.45, 7) is 4.02. The van der Waals surface area contributed by atoms with Gasteiger partial charge in [0.25, 0.3) is 0 Å². The monoisotopic (exact) mass is 322 g/mol. The van der Waals surface area contributed by atoms with Crippen molar-refractivity contribution in [2.45, 2.75) is 19.8 Å². The van der Waals surface area contributed by atoms with Gasteiger partial charge in [-0.25, -0.2) is 9.48 Å². The molecular formula is C13H11ClN4O2S. The summed E-state index contributed by atoms with van der Waals surface area (Å²) in [6.07, 6.45) is 0. The fourth-order valence-corrected chi connectivity index (χ4v) is 3.11. The van der Waals surface area contributed by atoms with Gasteiger partial charge in [0, 0.05) is 5.39 Å². The van der Waals surface area contributed by atoms with Gasteiger partial charge in [-0.3, -0.25) is 0 Å². The maximum Gasteiger partial charge on any atom is 0.345 e. The largest absolute Gasteiger partial charge is 0.477 e. The molecule has 0 unspecified atom stereocenters. The van der Waals surface area contributed by atoms with Gasteiger partial charge >= 0.3 is 5.97 Å². The summed E-state index contributed by atoms with van der Waals surface area (Å²) < 4.78 is 1.62. The first-order valence-electron chi connectivity index (χ1n) is 6.22. The van der Waals surface area contributed by atoms with E-state index in [0.717, 1.165) is 15.9 Å². The summed E-state index contributed by atoms with van der Waals surface area (Å²) in [7, 11) is 0. The van der Waals surface area contributed by atoms with Gasteiger partial charge in [0.2, 0.25) is 0 Å². The first-order valence-corrected chi connectivity index (χ1v) is 7.42. The van der Waals surface area contributed by atoms with Crippen LogP contribution in [0.3, 0.4) is 0 Å². The van der Waals surface area contributed by atoms with Gasteiger partial charge < -0.3 is 5.11 Å². The molecule has 1 N–H and O–H groups in total. The molecule has 0 aromatic carbocycles. The molecule has 0 fully saturated rings. The number of hydrogen-bond acceptors (Lipinski definition) is 5.